The summed E-state index contributed by atoms with van der Waals surface area (Å²) in [6, 6.07) is 0. The highest BCUT2D eigenvalue weighted by Gasteiger charge is 2.16. The molecule has 0 saturated carbocycles. The molecule has 24 heavy (non-hydrogen) atoms. The molecule has 2 N–H and O–H groups in total. The molecule has 1 rings (SSSR count). The predicted molar refractivity (Wildman–Crippen MR) is 82.4 cm³/mol. The number of hydrogen-bond acceptors (Lipinski definition) is 8. The minimum atomic E-state index is -1.18. The van der Waals surface area contributed by atoms with E-state index in [-0.39, 0.29) is 17.9 Å². The van der Waals surface area contributed by atoms with E-state index in [4.69, 9.17) is 0 Å². The van der Waals surface area contributed by atoms with Crippen molar-refractivity contribution in [1.82, 2.24) is 0 Å². The van der Waals surface area contributed by atoms with Gasteiger partial charge in [-0.2, -0.15) is 0 Å². The SMILES string of the molecule is Cc1c(C)c(O)c(/C=C/CC(CO[N+](=O)[O-])O[N+](=O)[O-])c(C)c1O. The van der Waals surface area contributed by atoms with Gasteiger partial charge in [-0.3, -0.25) is 0 Å². The van der Waals surface area contributed by atoms with Gasteiger partial charge in [-0.15, -0.1) is 20.2 Å². The van der Waals surface area contributed by atoms with Gasteiger partial charge < -0.3 is 19.9 Å². The molecule has 0 fully saturated rings. The van der Waals surface area contributed by atoms with Gasteiger partial charge in [0.25, 0.3) is 10.2 Å². The van der Waals surface area contributed by atoms with Crippen molar-refractivity contribution in [2.24, 2.45) is 0 Å². The number of rotatable bonds is 8. The van der Waals surface area contributed by atoms with Crippen molar-refractivity contribution >= 4 is 6.08 Å². The predicted octanol–water partition coefficient (Wildman–Crippen LogP) is 2.21. The van der Waals surface area contributed by atoms with Crippen LogP contribution in [0.1, 0.15) is 28.7 Å². The second kappa shape index (κ2) is 7.99. The summed E-state index contributed by atoms with van der Waals surface area (Å²) in [5.74, 6) is 0.0204. The first-order chi connectivity index (χ1) is 11.1. The summed E-state index contributed by atoms with van der Waals surface area (Å²) in [6.07, 6.45) is 1.65. The van der Waals surface area contributed by atoms with E-state index in [0.29, 0.717) is 22.3 Å². The Balaban J connectivity index is 2.94. The van der Waals surface area contributed by atoms with Crippen LogP contribution in [0.15, 0.2) is 6.08 Å². The van der Waals surface area contributed by atoms with Crippen LogP contribution in [0.2, 0.25) is 0 Å². The Kier molecular flexibility index (Phi) is 6.33. The van der Waals surface area contributed by atoms with Gasteiger partial charge in [0.2, 0.25) is 0 Å². The van der Waals surface area contributed by atoms with E-state index in [1.54, 1.807) is 20.8 Å². The molecule has 0 spiro atoms. The monoisotopic (exact) mass is 342 g/mol. The molecule has 0 radical (unpaired) electrons. The molecule has 0 aliphatic rings. The molecule has 0 aliphatic carbocycles. The lowest BCUT2D eigenvalue weighted by Gasteiger charge is -2.14. The van der Waals surface area contributed by atoms with Gasteiger partial charge in [0.1, 0.15) is 24.2 Å². The smallest absolute Gasteiger partial charge is 0.294 e. The van der Waals surface area contributed by atoms with Crippen molar-refractivity contribution in [2.75, 3.05) is 6.61 Å². The standard InChI is InChI=1S/C14H18N2O8/c1-8-9(2)14(18)12(10(3)13(8)17)6-4-5-11(24-16(21)22)7-23-15(19)20/h4,6,11,17-18H,5,7H2,1-3H3/b6-4+. The third-order valence-corrected chi connectivity index (χ3v) is 3.57. The summed E-state index contributed by atoms with van der Waals surface area (Å²) in [4.78, 5) is 28.9. The van der Waals surface area contributed by atoms with Gasteiger partial charge in [0.05, 0.1) is 0 Å². The molecule has 1 atom stereocenters. The number of benzene rings is 1. The van der Waals surface area contributed by atoms with E-state index < -0.39 is 22.9 Å². The second-order valence-electron chi connectivity index (χ2n) is 5.09. The molecule has 0 amide bonds. The highest BCUT2D eigenvalue weighted by atomic mass is 17.0. The first-order valence-corrected chi connectivity index (χ1v) is 6.91. The zero-order chi connectivity index (χ0) is 18.4. The number of phenolic OH excluding ortho intramolecular Hbond substituents is 2. The largest absolute Gasteiger partial charge is 0.507 e. The number of phenols is 2. The molecule has 0 aliphatic heterocycles. The van der Waals surface area contributed by atoms with Crippen molar-refractivity contribution in [1.29, 1.82) is 0 Å². The number of nitrogens with zero attached hydrogens (tertiary/aromatic N) is 2. The van der Waals surface area contributed by atoms with Crippen molar-refractivity contribution < 1.29 is 30.1 Å². The molecule has 0 bridgehead atoms. The average molecular weight is 342 g/mol. The van der Waals surface area contributed by atoms with Crippen LogP contribution >= 0.6 is 0 Å². The molecular formula is C14H18N2O8. The van der Waals surface area contributed by atoms with E-state index in [9.17, 15) is 30.4 Å². The Morgan fingerprint density at radius 2 is 1.62 bits per heavy atom. The van der Waals surface area contributed by atoms with Crippen LogP contribution in [0.3, 0.4) is 0 Å². The Morgan fingerprint density at radius 3 is 2.17 bits per heavy atom. The first-order valence-electron chi connectivity index (χ1n) is 6.91. The van der Waals surface area contributed by atoms with Crippen LogP contribution in [0, 0.1) is 41.0 Å². The van der Waals surface area contributed by atoms with E-state index in [1.807, 2.05) is 0 Å². The third kappa shape index (κ3) is 4.73. The van der Waals surface area contributed by atoms with Crippen LogP contribution in [0.4, 0.5) is 0 Å². The molecule has 10 heteroatoms. The van der Waals surface area contributed by atoms with Crippen LogP contribution in [-0.4, -0.2) is 33.1 Å². The Bertz CT molecular complexity index is 642. The first kappa shape index (κ1) is 19.0. The summed E-state index contributed by atoms with van der Waals surface area (Å²) in [5.41, 5.74) is 1.86. The third-order valence-electron chi connectivity index (χ3n) is 3.57. The Hall–Kier alpha value is -3.04. The summed E-state index contributed by atoms with van der Waals surface area (Å²) >= 11 is 0. The number of aromatic hydroxyl groups is 2. The average Bonchev–Trinajstić information content (AvgIpc) is 2.51. The molecule has 132 valence electrons. The number of hydrogen-bond donors (Lipinski definition) is 2. The van der Waals surface area contributed by atoms with E-state index >= 15 is 0 Å². The van der Waals surface area contributed by atoms with Crippen LogP contribution < -0.4 is 0 Å². The molecule has 0 aromatic heterocycles. The summed E-state index contributed by atoms with van der Waals surface area (Å²) in [7, 11) is 0. The van der Waals surface area contributed by atoms with Crippen LogP contribution in [0.5, 0.6) is 11.5 Å². The van der Waals surface area contributed by atoms with E-state index in [1.165, 1.54) is 12.2 Å². The van der Waals surface area contributed by atoms with Crippen molar-refractivity contribution in [3.63, 3.8) is 0 Å². The fraction of sp³-hybridized carbons (Fsp3) is 0.429. The molecule has 10 nitrogen and oxygen atoms in total. The molecule has 1 aromatic carbocycles. The molecule has 1 aromatic rings. The molecule has 0 saturated heterocycles. The van der Waals surface area contributed by atoms with Crippen molar-refractivity contribution in [3.8, 4) is 11.5 Å². The lowest BCUT2D eigenvalue weighted by molar-refractivity contribution is -0.789. The fourth-order valence-electron chi connectivity index (χ4n) is 2.09. The van der Waals surface area contributed by atoms with E-state index in [2.05, 4.69) is 9.68 Å². The minimum absolute atomic E-state index is 0.0210. The van der Waals surface area contributed by atoms with Gasteiger partial charge in [-0.05, 0) is 38.3 Å². The van der Waals surface area contributed by atoms with Gasteiger partial charge in [0, 0.05) is 11.1 Å². The zero-order valence-corrected chi connectivity index (χ0v) is 13.4. The second-order valence-corrected chi connectivity index (χ2v) is 5.09. The summed E-state index contributed by atoms with van der Waals surface area (Å²) in [6.45, 7) is 4.31. The normalized spacial score (nSPS) is 12.1. The van der Waals surface area contributed by atoms with E-state index in [0.717, 1.165) is 0 Å². The lowest BCUT2D eigenvalue weighted by atomic mass is 9.97. The van der Waals surface area contributed by atoms with Gasteiger partial charge in [-0.1, -0.05) is 12.2 Å². The zero-order valence-electron chi connectivity index (χ0n) is 13.4. The maximum Gasteiger partial charge on any atom is 0.294 e. The fourth-order valence-corrected chi connectivity index (χ4v) is 2.09. The van der Waals surface area contributed by atoms with Crippen molar-refractivity contribution in [2.45, 2.75) is 33.3 Å². The molecular weight excluding hydrogens is 324 g/mol. The summed E-state index contributed by atoms with van der Waals surface area (Å²) < 4.78 is 0. The lowest BCUT2D eigenvalue weighted by Crippen LogP contribution is -2.24. The Morgan fingerprint density at radius 1 is 1.04 bits per heavy atom. The minimum Gasteiger partial charge on any atom is -0.507 e. The van der Waals surface area contributed by atoms with Crippen LogP contribution in [0.25, 0.3) is 6.08 Å². The maximum atomic E-state index is 10.4. The Labute approximate surface area is 137 Å². The highest BCUT2D eigenvalue weighted by Crippen LogP contribution is 2.36. The molecule has 1 unspecified atom stereocenters. The highest BCUT2D eigenvalue weighted by molar-refractivity contribution is 5.68. The maximum absolute atomic E-state index is 10.4. The van der Waals surface area contributed by atoms with Crippen molar-refractivity contribution in [3.05, 3.63) is 48.6 Å². The quantitative estimate of drug-likeness (QED) is 0.415. The van der Waals surface area contributed by atoms with Crippen LogP contribution in [-0.2, 0) is 9.68 Å². The van der Waals surface area contributed by atoms with Gasteiger partial charge in [0.15, 0.2) is 0 Å². The van der Waals surface area contributed by atoms with Gasteiger partial charge in [-0.25, -0.2) is 0 Å². The van der Waals surface area contributed by atoms with Gasteiger partial charge >= 0.3 is 0 Å². The topological polar surface area (TPSA) is 145 Å². The molecule has 0 heterocycles. The summed E-state index contributed by atoms with van der Waals surface area (Å²) in [5, 5.41) is 38.6.